The Hall–Kier alpha value is -1.69. The van der Waals surface area contributed by atoms with E-state index < -0.39 is 6.10 Å². The number of nitrogens with zero attached hydrogens (tertiary/aromatic N) is 3. The normalized spacial score (nSPS) is 17.2. The summed E-state index contributed by atoms with van der Waals surface area (Å²) < 4.78 is 12.9. The first-order chi connectivity index (χ1) is 9.97. The van der Waals surface area contributed by atoms with Gasteiger partial charge in [-0.05, 0) is 18.1 Å². The van der Waals surface area contributed by atoms with Crippen molar-refractivity contribution >= 4 is 11.7 Å². The van der Waals surface area contributed by atoms with Gasteiger partial charge in [0.25, 0.3) is 0 Å². The van der Waals surface area contributed by atoms with E-state index in [2.05, 4.69) is 4.98 Å². The number of piperazine rings is 1. The molecule has 6 heteroatoms. The molecule has 2 rings (SSSR count). The molecule has 1 aliphatic heterocycles. The number of hydrogen-bond acceptors (Lipinski definition) is 4. The summed E-state index contributed by atoms with van der Waals surface area (Å²) >= 11 is 0. The zero-order chi connectivity index (χ0) is 15.4. The molecule has 1 atom stereocenters. The van der Waals surface area contributed by atoms with Gasteiger partial charge in [-0.1, -0.05) is 13.8 Å². The molecule has 0 radical (unpaired) electrons. The third kappa shape index (κ3) is 4.14. The molecule has 0 aliphatic carbocycles. The maximum Gasteiger partial charge on any atom is 0.225 e. The molecule has 5 nitrogen and oxygen atoms in total. The monoisotopic (exact) mass is 295 g/mol. The predicted octanol–water partition coefficient (Wildman–Crippen LogP) is 1.28. The number of hydrogen-bond donors (Lipinski definition) is 1. The summed E-state index contributed by atoms with van der Waals surface area (Å²) in [6.45, 7) is 6.34. The molecule has 21 heavy (non-hydrogen) atoms. The predicted molar refractivity (Wildman–Crippen MR) is 78.4 cm³/mol. The fourth-order valence-corrected chi connectivity index (χ4v) is 2.28. The van der Waals surface area contributed by atoms with Crippen LogP contribution in [-0.4, -0.2) is 53.2 Å². The molecule has 1 aliphatic rings. The molecule has 2 heterocycles. The standard InChI is InChI=1S/C15H22FN3O2/c1-11(2)13(20)9-15(21)19-7-5-18(6-8-19)14-4-3-12(16)10-17-14/h3-4,10-11,13,20H,5-9H2,1-2H3. The van der Waals surface area contributed by atoms with Crippen molar-refractivity contribution in [3.8, 4) is 0 Å². The van der Waals surface area contributed by atoms with Crippen molar-refractivity contribution < 1.29 is 14.3 Å². The Morgan fingerprint density at radius 1 is 1.33 bits per heavy atom. The quantitative estimate of drug-likeness (QED) is 0.909. The number of anilines is 1. The second kappa shape index (κ2) is 6.85. The Balaban J connectivity index is 1.85. The van der Waals surface area contributed by atoms with Crippen molar-refractivity contribution in [3.05, 3.63) is 24.1 Å². The van der Waals surface area contributed by atoms with Crippen LogP contribution in [0.2, 0.25) is 0 Å². The molecule has 0 bridgehead atoms. The summed E-state index contributed by atoms with van der Waals surface area (Å²) in [5, 5.41) is 9.78. The van der Waals surface area contributed by atoms with Crippen LogP contribution in [0.3, 0.4) is 0 Å². The van der Waals surface area contributed by atoms with Gasteiger partial charge in [0.2, 0.25) is 5.91 Å². The number of aromatic nitrogens is 1. The molecule has 1 aromatic rings. The summed E-state index contributed by atoms with van der Waals surface area (Å²) in [7, 11) is 0. The second-order valence-corrected chi connectivity index (χ2v) is 5.72. The Bertz CT molecular complexity index is 470. The Morgan fingerprint density at radius 3 is 2.52 bits per heavy atom. The van der Waals surface area contributed by atoms with Gasteiger partial charge in [-0.25, -0.2) is 9.37 Å². The molecule has 1 fully saturated rings. The van der Waals surface area contributed by atoms with E-state index in [1.54, 1.807) is 11.0 Å². The smallest absolute Gasteiger partial charge is 0.225 e. The summed E-state index contributed by atoms with van der Waals surface area (Å²) in [4.78, 5) is 19.9. The number of carbonyl (C=O) groups is 1. The minimum absolute atomic E-state index is 0.0112. The van der Waals surface area contributed by atoms with Gasteiger partial charge in [0, 0.05) is 26.2 Å². The molecule has 1 amide bonds. The number of halogens is 1. The first kappa shape index (κ1) is 15.7. The summed E-state index contributed by atoms with van der Waals surface area (Å²) in [5.41, 5.74) is 0. The number of amides is 1. The van der Waals surface area contributed by atoms with Gasteiger partial charge >= 0.3 is 0 Å². The lowest BCUT2D eigenvalue weighted by molar-refractivity contribution is -0.134. The van der Waals surface area contributed by atoms with Gasteiger partial charge in [0.1, 0.15) is 11.6 Å². The van der Waals surface area contributed by atoms with E-state index in [4.69, 9.17) is 0 Å². The van der Waals surface area contributed by atoms with Gasteiger partial charge in [-0.15, -0.1) is 0 Å². The van der Waals surface area contributed by atoms with Gasteiger partial charge < -0.3 is 14.9 Å². The lowest BCUT2D eigenvalue weighted by atomic mass is 10.0. The Morgan fingerprint density at radius 2 is 2.00 bits per heavy atom. The third-order valence-corrected chi connectivity index (χ3v) is 3.82. The van der Waals surface area contributed by atoms with Crippen LogP contribution in [-0.2, 0) is 4.79 Å². The van der Waals surface area contributed by atoms with E-state index in [1.165, 1.54) is 12.3 Å². The molecule has 0 saturated carbocycles. The summed E-state index contributed by atoms with van der Waals surface area (Å²) in [5.74, 6) is 0.447. The van der Waals surface area contributed by atoms with E-state index in [-0.39, 0.29) is 24.1 Å². The number of aliphatic hydroxyl groups excluding tert-OH is 1. The Labute approximate surface area is 124 Å². The van der Waals surface area contributed by atoms with Gasteiger partial charge in [-0.2, -0.15) is 0 Å². The van der Waals surface area contributed by atoms with Crippen LogP contribution in [0.1, 0.15) is 20.3 Å². The van der Waals surface area contributed by atoms with Crippen LogP contribution in [0.5, 0.6) is 0 Å². The number of carbonyl (C=O) groups excluding carboxylic acids is 1. The van der Waals surface area contributed by atoms with Gasteiger partial charge in [0.15, 0.2) is 0 Å². The summed E-state index contributed by atoms with van der Waals surface area (Å²) in [6, 6.07) is 3.04. The molecule has 1 N–H and O–H groups in total. The van der Waals surface area contributed by atoms with Gasteiger partial charge in [0.05, 0.1) is 18.7 Å². The lowest BCUT2D eigenvalue weighted by Gasteiger charge is -2.36. The van der Waals surface area contributed by atoms with Crippen molar-refractivity contribution in [2.75, 3.05) is 31.1 Å². The fraction of sp³-hybridized carbons (Fsp3) is 0.600. The first-order valence-electron chi connectivity index (χ1n) is 7.29. The highest BCUT2D eigenvalue weighted by Crippen LogP contribution is 2.15. The van der Waals surface area contributed by atoms with Crippen LogP contribution < -0.4 is 4.90 Å². The maximum atomic E-state index is 12.9. The largest absolute Gasteiger partial charge is 0.392 e. The van der Waals surface area contributed by atoms with Gasteiger partial charge in [-0.3, -0.25) is 4.79 Å². The molecule has 1 unspecified atom stereocenters. The van der Waals surface area contributed by atoms with E-state index in [0.717, 1.165) is 5.82 Å². The highest BCUT2D eigenvalue weighted by molar-refractivity contribution is 5.77. The van der Waals surface area contributed by atoms with Crippen molar-refractivity contribution in [2.24, 2.45) is 5.92 Å². The van der Waals surface area contributed by atoms with Crippen LogP contribution in [0, 0.1) is 11.7 Å². The maximum absolute atomic E-state index is 12.9. The number of pyridine rings is 1. The zero-order valence-corrected chi connectivity index (χ0v) is 12.5. The van der Waals surface area contributed by atoms with Crippen LogP contribution in [0.25, 0.3) is 0 Å². The molecule has 0 aromatic carbocycles. The zero-order valence-electron chi connectivity index (χ0n) is 12.5. The third-order valence-electron chi connectivity index (χ3n) is 3.82. The minimum Gasteiger partial charge on any atom is -0.392 e. The first-order valence-corrected chi connectivity index (χ1v) is 7.29. The molecule has 116 valence electrons. The molecule has 0 spiro atoms. The van der Waals surface area contributed by atoms with E-state index in [9.17, 15) is 14.3 Å². The highest BCUT2D eigenvalue weighted by atomic mass is 19.1. The van der Waals surface area contributed by atoms with Crippen molar-refractivity contribution in [2.45, 2.75) is 26.4 Å². The Kier molecular flexibility index (Phi) is 5.12. The van der Waals surface area contributed by atoms with E-state index in [0.29, 0.717) is 26.2 Å². The summed E-state index contributed by atoms with van der Waals surface area (Å²) in [6.07, 6.45) is 0.785. The highest BCUT2D eigenvalue weighted by Gasteiger charge is 2.24. The molecular formula is C15H22FN3O2. The minimum atomic E-state index is -0.589. The van der Waals surface area contributed by atoms with E-state index >= 15 is 0 Å². The fourth-order valence-electron chi connectivity index (χ4n) is 2.28. The van der Waals surface area contributed by atoms with Crippen LogP contribution in [0.4, 0.5) is 10.2 Å². The average molecular weight is 295 g/mol. The van der Waals surface area contributed by atoms with Crippen LogP contribution in [0.15, 0.2) is 18.3 Å². The van der Waals surface area contributed by atoms with E-state index in [1.807, 2.05) is 18.7 Å². The lowest BCUT2D eigenvalue weighted by Crippen LogP contribution is -2.49. The van der Waals surface area contributed by atoms with Crippen molar-refractivity contribution in [3.63, 3.8) is 0 Å². The van der Waals surface area contributed by atoms with Crippen LogP contribution >= 0.6 is 0 Å². The number of rotatable bonds is 4. The topological polar surface area (TPSA) is 56.7 Å². The molecule has 1 saturated heterocycles. The SMILES string of the molecule is CC(C)C(O)CC(=O)N1CCN(c2ccc(F)cn2)CC1. The van der Waals surface area contributed by atoms with Crippen molar-refractivity contribution in [1.82, 2.24) is 9.88 Å². The second-order valence-electron chi connectivity index (χ2n) is 5.72. The molecular weight excluding hydrogens is 273 g/mol. The van der Waals surface area contributed by atoms with Crippen molar-refractivity contribution in [1.29, 1.82) is 0 Å². The molecule has 1 aromatic heterocycles. The average Bonchev–Trinajstić information content (AvgIpc) is 2.48. The number of aliphatic hydroxyl groups is 1.